The summed E-state index contributed by atoms with van der Waals surface area (Å²) in [6.07, 6.45) is 2.90. The number of hydrogen-bond acceptors (Lipinski definition) is 3. The first-order chi connectivity index (χ1) is 9.08. The molecule has 0 aromatic heterocycles. The molecule has 1 aliphatic heterocycles. The Bertz CT molecular complexity index is 474. The number of nitrogens with one attached hydrogen (secondary N) is 1. The summed E-state index contributed by atoms with van der Waals surface area (Å²) in [5.74, 6) is -2.41. The number of rotatable bonds is 3. The summed E-state index contributed by atoms with van der Waals surface area (Å²) in [6, 6.07) is 1.61. The van der Waals surface area contributed by atoms with Crippen LogP contribution in [0.4, 0.5) is 14.5 Å². The predicted octanol–water partition coefficient (Wildman–Crippen LogP) is 1.85. The molecule has 1 aliphatic rings. The van der Waals surface area contributed by atoms with Gasteiger partial charge in [0.05, 0.1) is 17.4 Å². The van der Waals surface area contributed by atoms with Crippen molar-refractivity contribution in [3.05, 3.63) is 29.3 Å². The Morgan fingerprint density at radius 2 is 2.16 bits per heavy atom. The largest absolute Gasteiger partial charge is 0.396 e. The van der Waals surface area contributed by atoms with Crippen LogP contribution in [0.25, 0.3) is 0 Å². The number of carbonyl (C=O) groups excluding carboxylic acids is 1. The number of benzene rings is 1. The number of halogens is 2. The maximum absolute atomic E-state index is 13.5. The van der Waals surface area contributed by atoms with E-state index in [1.54, 1.807) is 0 Å². The Morgan fingerprint density at radius 1 is 1.37 bits per heavy atom. The molecule has 4 nitrogen and oxygen atoms in total. The van der Waals surface area contributed by atoms with Gasteiger partial charge in [0.15, 0.2) is 0 Å². The molecule has 3 N–H and O–H groups in total. The van der Waals surface area contributed by atoms with Crippen molar-refractivity contribution in [1.82, 2.24) is 5.32 Å². The normalized spacial score (nSPS) is 19.2. The predicted molar refractivity (Wildman–Crippen MR) is 66.7 cm³/mol. The van der Waals surface area contributed by atoms with E-state index in [1.807, 2.05) is 0 Å². The van der Waals surface area contributed by atoms with E-state index >= 15 is 0 Å². The second-order valence-corrected chi connectivity index (χ2v) is 4.55. The molecule has 104 valence electrons. The van der Waals surface area contributed by atoms with Gasteiger partial charge in [-0.05, 0) is 25.3 Å². The lowest BCUT2D eigenvalue weighted by molar-refractivity contribution is 0.0168. The third-order valence-corrected chi connectivity index (χ3v) is 3.10. The van der Waals surface area contributed by atoms with Gasteiger partial charge < -0.3 is 15.8 Å². The van der Waals surface area contributed by atoms with Crippen LogP contribution >= 0.6 is 0 Å². The van der Waals surface area contributed by atoms with Gasteiger partial charge in [-0.25, -0.2) is 8.78 Å². The van der Waals surface area contributed by atoms with E-state index in [-0.39, 0.29) is 17.4 Å². The Kier molecular flexibility index (Phi) is 4.31. The zero-order valence-electron chi connectivity index (χ0n) is 10.4. The summed E-state index contributed by atoms with van der Waals surface area (Å²) in [7, 11) is 0. The van der Waals surface area contributed by atoms with Crippen LogP contribution in [0.5, 0.6) is 0 Å². The Morgan fingerprint density at radius 3 is 2.84 bits per heavy atom. The highest BCUT2D eigenvalue weighted by molar-refractivity contribution is 5.95. The lowest BCUT2D eigenvalue weighted by atomic mass is 10.1. The summed E-state index contributed by atoms with van der Waals surface area (Å²) in [4.78, 5) is 11.8. The number of hydrogen-bond donors (Lipinski definition) is 2. The number of nitrogen functional groups attached to an aromatic ring is 1. The van der Waals surface area contributed by atoms with Crippen LogP contribution in [0, 0.1) is 11.6 Å². The minimum absolute atomic E-state index is 0.0430. The third-order valence-electron chi connectivity index (χ3n) is 3.10. The van der Waals surface area contributed by atoms with Gasteiger partial charge in [-0.15, -0.1) is 0 Å². The molecule has 1 heterocycles. The lowest BCUT2D eigenvalue weighted by Gasteiger charge is -2.22. The summed E-state index contributed by atoms with van der Waals surface area (Å²) in [6.45, 7) is 0.994. The van der Waals surface area contributed by atoms with Gasteiger partial charge in [0.2, 0.25) is 0 Å². The smallest absolute Gasteiger partial charge is 0.254 e. The highest BCUT2D eigenvalue weighted by Gasteiger charge is 2.18. The van der Waals surface area contributed by atoms with Crippen LogP contribution in [0.3, 0.4) is 0 Å². The average Bonchev–Trinajstić information content (AvgIpc) is 2.41. The molecule has 1 unspecified atom stereocenters. The molecule has 6 heteroatoms. The van der Waals surface area contributed by atoms with Crippen LogP contribution in [0.15, 0.2) is 12.1 Å². The van der Waals surface area contributed by atoms with Crippen LogP contribution in [0.2, 0.25) is 0 Å². The quantitative estimate of drug-likeness (QED) is 0.824. The minimum atomic E-state index is -0.922. The molecule has 1 saturated heterocycles. The Balaban J connectivity index is 1.97. The van der Waals surface area contributed by atoms with Gasteiger partial charge in [0, 0.05) is 19.2 Å². The monoisotopic (exact) mass is 270 g/mol. The number of ether oxygens (including phenoxy) is 1. The molecule has 0 radical (unpaired) electrons. The van der Waals surface area contributed by atoms with Crippen LogP contribution in [-0.2, 0) is 4.74 Å². The zero-order chi connectivity index (χ0) is 13.8. The first-order valence-electron chi connectivity index (χ1n) is 6.22. The summed E-state index contributed by atoms with van der Waals surface area (Å²) >= 11 is 0. The van der Waals surface area contributed by atoms with Gasteiger partial charge in [0.25, 0.3) is 5.91 Å². The molecular weight excluding hydrogens is 254 g/mol. The van der Waals surface area contributed by atoms with Crippen molar-refractivity contribution in [3.8, 4) is 0 Å². The van der Waals surface area contributed by atoms with E-state index in [0.717, 1.165) is 25.3 Å². The number of anilines is 1. The van der Waals surface area contributed by atoms with Crippen molar-refractivity contribution < 1.29 is 18.3 Å². The van der Waals surface area contributed by atoms with Gasteiger partial charge in [-0.3, -0.25) is 4.79 Å². The van der Waals surface area contributed by atoms with Crippen molar-refractivity contribution in [3.63, 3.8) is 0 Å². The van der Waals surface area contributed by atoms with E-state index in [9.17, 15) is 13.6 Å². The average molecular weight is 270 g/mol. The second-order valence-electron chi connectivity index (χ2n) is 4.55. The van der Waals surface area contributed by atoms with Gasteiger partial charge in [0.1, 0.15) is 11.6 Å². The van der Waals surface area contributed by atoms with Crippen molar-refractivity contribution in [1.29, 1.82) is 0 Å². The van der Waals surface area contributed by atoms with Gasteiger partial charge >= 0.3 is 0 Å². The minimum Gasteiger partial charge on any atom is -0.396 e. The molecule has 1 aromatic rings. The van der Waals surface area contributed by atoms with Gasteiger partial charge in [-0.1, -0.05) is 0 Å². The molecule has 0 spiro atoms. The molecule has 1 amide bonds. The fourth-order valence-electron chi connectivity index (χ4n) is 2.01. The van der Waals surface area contributed by atoms with Crippen molar-refractivity contribution >= 4 is 11.6 Å². The summed E-state index contributed by atoms with van der Waals surface area (Å²) in [5.41, 5.74) is 4.82. The highest BCUT2D eigenvalue weighted by Crippen LogP contribution is 2.17. The molecule has 19 heavy (non-hydrogen) atoms. The standard InChI is InChI=1S/C13H16F2N2O2/c14-10-6-11(15)12(16)5-9(10)13(18)17-7-8-3-1-2-4-19-8/h5-6,8H,1-4,7,16H2,(H,17,18). The fourth-order valence-corrected chi connectivity index (χ4v) is 2.01. The van der Waals surface area contributed by atoms with Gasteiger partial charge in [-0.2, -0.15) is 0 Å². The topological polar surface area (TPSA) is 64.4 Å². The van der Waals surface area contributed by atoms with E-state index < -0.39 is 17.5 Å². The van der Waals surface area contributed by atoms with Crippen molar-refractivity contribution in [2.75, 3.05) is 18.9 Å². The van der Waals surface area contributed by atoms with E-state index in [1.165, 1.54) is 0 Å². The first kappa shape index (κ1) is 13.7. The fraction of sp³-hybridized carbons (Fsp3) is 0.462. The molecule has 1 atom stereocenters. The lowest BCUT2D eigenvalue weighted by Crippen LogP contribution is -2.35. The molecule has 0 bridgehead atoms. The summed E-state index contributed by atoms with van der Waals surface area (Å²) in [5, 5.41) is 2.57. The van der Waals surface area contributed by atoms with Crippen LogP contribution < -0.4 is 11.1 Å². The Hall–Kier alpha value is -1.69. The second kappa shape index (κ2) is 5.97. The molecule has 0 aliphatic carbocycles. The highest BCUT2D eigenvalue weighted by atomic mass is 19.1. The van der Waals surface area contributed by atoms with Crippen molar-refractivity contribution in [2.24, 2.45) is 0 Å². The van der Waals surface area contributed by atoms with E-state index in [0.29, 0.717) is 19.2 Å². The zero-order valence-corrected chi connectivity index (χ0v) is 10.4. The molecule has 1 aromatic carbocycles. The van der Waals surface area contributed by atoms with E-state index in [4.69, 9.17) is 10.5 Å². The van der Waals surface area contributed by atoms with Crippen LogP contribution in [-0.4, -0.2) is 25.2 Å². The molecule has 1 fully saturated rings. The molecule has 0 saturated carbocycles. The Labute approximate surface area is 109 Å². The number of nitrogens with two attached hydrogens (primary N) is 1. The summed E-state index contributed by atoms with van der Waals surface area (Å²) < 4.78 is 31.9. The van der Waals surface area contributed by atoms with Crippen molar-refractivity contribution in [2.45, 2.75) is 25.4 Å². The van der Waals surface area contributed by atoms with Crippen LogP contribution in [0.1, 0.15) is 29.6 Å². The third kappa shape index (κ3) is 3.41. The SMILES string of the molecule is Nc1cc(C(=O)NCC2CCCCO2)c(F)cc1F. The maximum atomic E-state index is 13.5. The number of carbonyl (C=O) groups is 1. The first-order valence-corrected chi connectivity index (χ1v) is 6.22. The van der Waals surface area contributed by atoms with E-state index in [2.05, 4.69) is 5.32 Å². The number of amides is 1. The maximum Gasteiger partial charge on any atom is 0.254 e. The molecular formula is C13H16F2N2O2. The molecule has 2 rings (SSSR count).